The maximum absolute atomic E-state index is 13.0. The van der Waals surface area contributed by atoms with Crippen molar-refractivity contribution in [3.05, 3.63) is 71.5 Å². The van der Waals surface area contributed by atoms with E-state index in [4.69, 9.17) is 21.1 Å². The van der Waals surface area contributed by atoms with E-state index in [1.165, 1.54) is 59.8 Å². The van der Waals surface area contributed by atoms with Crippen LogP contribution >= 0.6 is 11.6 Å². The monoisotopic (exact) mass is 391 g/mol. The maximum Gasteiger partial charge on any atom is 0.344 e. The first-order chi connectivity index (χ1) is 12.9. The predicted octanol–water partition coefficient (Wildman–Crippen LogP) is 2.92. The Labute approximate surface area is 158 Å². The molecular formula is C18H15ClFN3O4. The smallest absolute Gasteiger partial charge is 0.344 e. The van der Waals surface area contributed by atoms with Gasteiger partial charge in [-0.1, -0.05) is 17.7 Å². The minimum atomic E-state index is -2.08. The standard InChI is InChI=1S/C18H15ClFN3O4/c1-26-17(24)18(25,9-23-11-21-10-22-23)15-7-6-14(8-16(15)19)27-13-4-2-12(20)3-5-13/h2-8,10-11,25H,9H2,1H3. The molecule has 27 heavy (non-hydrogen) atoms. The molecule has 3 rings (SSSR count). The van der Waals surface area contributed by atoms with Gasteiger partial charge in [0.15, 0.2) is 0 Å². The van der Waals surface area contributed by atoms with Crippen LogP contribution in [-0.2, 0) is 21.7 Å². The molecule has 140 valence electrons. The van der Waals surface area contributed by atoms with E-state index in [0.29, 0.717) is 11.5 Å². The lowest BCUT2D eigenvalue weighted by Crippen LogP contribution is -2.41. The van der Waals surface area contributed by atoms with Crippen molar-refractivity contribution in [2.24, 2.45) is 0 Å². The van der Waals surface area contributed by atoms with Crippen LogP contribution in [0.15, 0.2) is 55.1 Å². The molecule has 0 spiro atoms. The van der Waals surface area contributed by atoms with E-state index in [0.717, 1.165) is 7.11 Å². The van der Waals surface area contributed by atoms with Crippen molar-refractivity contribution in [2.75, 3.05) is 7.11 Å². The van der Waals surface area contributed by atoms with Gasteiger partial charge < -0.3 is 14.6 Å². The Balaban J connectivity index is 1.91. The topological polar surface area (TPSA) is 86.5 Å². The van der Waals surface area contributed by atoms with Crippen molar-refractivity contribution in [1.82, 2.24) is 14.8 Å². The van der Waals surface area contributed by atoms with Crippen LogP contribution in [0.1, 0.15) is 5.56 Å². The molecule has 0 aliphatic rings. The van der Waals surface area contributed by atoms with Crippen molar-refractivity contribution >= 4 is 17.6 Å². The molecule has 3 aromatic rings. The fraction of sp³-hybridized carbons (Fsp3) is 0.167. The Morgan fingerprint density at radius 3 is 2.56 bits per heavy atom. The van der Waals surface area contributed by atoms with Crippen molar-refractivity contribution in [3.63, 3.8) is 0 Å². The first-order valence-corrected chi connectivity index (χ1v) is 8.17. The summed E-state index contributed by atoms with van der Waals surface area (Å²) >= 11 is 6.29. The zero-order valence-electron chi connectivity index (χ0n) is 14.2. The van der Waals surface area contributed by atoms with E-state index in [2.05, 4.69) is 10.1 Å². The average Bonchev–Trinajstić information content (AvgIpc) is 3.15. The van der Waals surface area contributed by atoms with Gasteiger partial charge >= 0.3 is 5.97 Å². The largest absolute Gasteiger partial charge is 0.467 e. The van der Waals surface area contributed by atoms with Gasteiger partial charge in [0.1, 0.15) is 30.0 Å². The summed E-state index contributed by atoms with van der Waals surface area (Å²) in [5.41, 5.74) is -1.95. The summed E-state index contributed by atoms with van der Waals surface area (Å²) in [6.45, 7) is -0.239. The molecule has 0 fully saturated rings. The molecule has 7 nitrogen and oxygen atoms in total. The van der Waals surface area contributed by atoms with Gasteiger partial charge in [-0.2, -0.15) is 5.10 Å². The van der Waals surface area contributed by atoms with Gasteiger partial charge in [-0.3, -0.25) is 0 Å². The Morgan fingerprint density at radius 2 is 1.96 bits per heavy atom. The predicted molar refractivity (Wildman–Crippen MR) is 93.9 cm³/mol. The second kappa shape index (κ2) is 7.73. The number of aromatic nitrogens is 3. The molecule has 0 aliphatic carbocycles. The molecule has 0 amide bonds. The Bertz CT molecular complexity index is 934. The number of benzene rings is 2. The zero-order chi connectivity index (χ0) is 19.4. The van der Waals surface area contributed by atoms with Crippen LogP contribution < -0.4 is 4.74 Å². The number of halogens is 2. The van der Waals surface area contributed by atoms with Crippen molar-refractivity contribution < 1.29 is 23.8 Å². The lowest BCUT2D eigenvalue weighted by Gasteiger charge is -2.26. The van der Waals surface area contributed by atoms with Gasteiger partial charge in [-0.05, 0) is 36.4 Å². The Kier molecular flexibility index (Phi) is 5.38. The molecular weight excluding hydrogens is 377 g/mol. The fourth-order valence-electron chi connectivity index (χ4n) is 2.51. The summed E-state index contributed by atoms with van der Waals surface area (Å²) < 4.78 is 24.6. The molecule has 1 N–H and O–H groups in total. The normalized spacial score (nSPS) is 13.0. The quantitative estimate of drug-likeness (QED) is 0.650. The SMILES string of the molecule is COC(=O)C(O)(Cn1cncn1)c1ccc(Oc2ccc(F)cc2)cc1Cl. The first-order valence-electron chi connectivity index (χ1n) is 7.79. The number of rotatable bonds is 6. The lowest BCUT2D eigenvalue weighted by atomic mass is 9.93. The molecule has 1 unspecified atom stereocenters. The molecule has 0 aliphatic heterocycles. The second-order valence-corrected chi connectivity index (χ2v) is 6.05. The number of hydrogen-bond acceptors (Lipinski definition) is 6. The number of carbonyl (C=O) groups is 1. The van der Waals surface area contributed by atoms with Gasteiger partial charge in [0.2, 0.25) is 5.60 Å². The number of carbonyl (C=O) groups excluding carboxylic acids is 1. The third kappa shape index (κ3) is 4.07. The lowest BCUT2D eigenvalue weighted by molar-refractivity contribution is -0.165. The Hall–Kier alpha value is -2.97. The van der Waals surface area contributed by atoms with Crippen LogP contribution in [0.2, 0.25) is 5.02 Å². The third-order valence-electron chi connectivity index (χ3n) is 3.82. The molecule has 1 atom stereocenters. The molecule has 1 aromatic heterocycles. The number of hydrogen-bond donors (Lipinski definition) is 1. The number of nitrogens with zero attached hydrogens (tertiary/aromatic N) is 3. The van der Waals surface area contributed by atoms with Crippen LogP contribution in [0.3, 0.4) is 0 Å². The third-order valence-corrected chi connectivity index (χ3v) is 4.13. The molecule has 1 heterocycles. The molecule has 2 aromatic carbocycles. The molecule has 9 heteroatoms. The van der Waals surface area contributed by atoms with Gasteiger partial charge in [0.25, 0.3) is 0 Å². The summed E-state index contributed by atoms with van der Waals surface area (Å²) in [4.78, 5) is 16.0. The first kappa shape index (κ1) is 18.8. The van der Waals surface area contributed by atoms with Crippen molar-refractivity contribution in [1.29, 1.82) is 0 Å². The highest BCUT2D eigenvalue weighted by Gasteiger charge is 2.42. The molecule has 0 saturated heterocycles. The molecule has 0 radical (unpaired) electrons. The van der Waals surface area contributed by atoms with E-state index < -0.39 is 11.6 Å². The van der Waals surface area contributed by atoms with Gasteiger partial charge in [-0.25, -0.2) is 18.9 Å². The van der Waals surface area contributed by atoms with E-state index >= 15 is 0 Å². The summed E-state index contributed by atoms with van der Waals surface area (Å²) in [7, 11) is 1.16. The maximum atomic E-state index is 13.0. The summed E-state index contributed by atoms with van der Waals surface area (Å²) in [6, 6.07) is 9.88. The van der Waals surface area contributed by atoms with Crippen LogP contribution in [0, 0.1) is 5.82 Å². The van der Waals surface area contributed by atoms with Crippen LogP contribution in [-0.4, -0.2) is 33.0 Å². The summed E-state index contributed by atoms with van der Waals surface area (Å²) in [6.07, 6.45) is 2.63. The van der Waals surface area contributed by atoms with Gasteiger partial charge in [0, 0.05) is 5.56 Å². The van der Waals surface area contributed by atoms with Gasteiger partial charge in [0.05, 0.1) is 18.7 Å². The highest BCUT2D eigenvalue weighted by molar-refractivity contribution is 6.31. The summed E-state index contributed by atoms with van der Waals surface area (Å²) in [5, 5.41) is 15.0. The number of aliphatic hydroxyl groups is 1. The molecule has 0 saturated carbocycles. The second-order valence-electron chi connectivity index (χ2n) is 5.64. The number of esters is 1. The molecule has 0 bridgehead atoms. The minimum Gasteiger partial charge on any atom is -0.467 e. The van der Waals surface area contributed by atoms with E-state index in [1.54, 1.807) is 0 Å². The number of methoxy groups -OCH3 is 1. The number of ether oxygens (including phenoxy) is 2. The van der Waals surface area contributed by atoms with Crippen molar-refractivity contribution in [2.45, 2.75) is 12.1 Å². The zero-order valence-corrected chi connectivity index (χ0v) is 14.9. The van der Waals surface area contributed by atoms with Crippen LogP contribution in [0.25, 0.3) is 0 Å². The van der Waals surface area contributed by atoms with Crippen LogP contribution in [0.5, 0.6) is 11.5 Å². The highest BCUT2D eigenvalue weighted by Crippen LogP contribution is 2.34. The highest BCUT2D eigenvalue weighted by atomic mass is 35.5. The minimum absolute atomic E-state index is 0.0858. The van der Waals surface area contributed by atoms with Crippen molar-refractivity contribution in [3.8, 4) is 11.5 Å². The van der Waals surface area contributed by atoms with Gasteiger partial charge in [-0.15, -0.1) is 0 Å². The Morgan fingerprint density at radius 1 is 1.26 bits per heavy atom. The van der Waals surface area contributed by atoms with E-state index in [1.807, 2.05) is 0 Å². The van der Waals surface area contributed by atoms with E-state index in [9.17, 15) is 14.3 Å². The van der Waals surface area contributed by atoms with E-state index in [-0.39, 0.29) is 22.9 Å². The average molecular weight is 392 g/mol. The fourth-order valence-corrected chi connectivity index (χ4v) is 2.84. The van der Waals surface area contributed by atoms with Crippen LogP contribution in [0.4, 0.5) is 4.39 Å². The summed E-state index contributed by atoms with van der Waals surface area (Å²) in [5.74, 6) is -0.520.